The highest BCUT2D eigenvalue weighted by atomic mass is 16.5. The average Bonchev–Trinajstić information content (AvgIpc) is 2.68. The second kappa shape index (κ2) is 9.14. The molecule has 0 spiro atoms. The number of methoxy groups -OCH3 is 2. The number of nitrogens with one attached hydrogen (secondary N) is 2. The van der Waals surface area contributed by atoms with Crippen LogP contribution in [0.4, 0.5) is 23.1 Å². The summed E-state index contributed by atoms with van der Waals surface area (Å²) >= 11 is 0. The number of anilines is 4. The zero-order chi connectivity index (χ0) is 20.8. The third-order valence-corrected chi connectivity index (χ3v) is 4.01. The molecule has 2 N–H and O–H groups in total. The molecular weight excluding hydrogens is 368 g/mol. The molecule has 0 radical (unpaired) electrons. The maximum Gasteiger partial charge on any atom is 0.229 e. The second-order valence-electron chi connectivity index (χ2n) is 6.73. The van der Waals surface area contributed by atoms with Crippen LogP contribution in [0.15, 0.2) is 48.5 Å². The Labute approximate surface area is 171 Å². The van der Waals surface area contributed by atoms with E-state index in [0.29, 0.717) is 23.3 Å². The lowest BCUT2D eigenvalue weighted by Crippen LogP contribution is -2.05. The highest BCUT2D eigenvalue weighted by Gasteiger charge is 2.09. The molecule has 0 aliphatic carbocycles. The fourth-order valence-electron chi connectivity index (χ4n) is 2.76. The van der Waals surface area contributed by atoms with Gasteiger partial charge in [-0.1, -0.05) is 0 Å². The fraction of sp³-hybridized carbons (Fsp3) is 0.273. The summed E-state index contributed by atoms with van der Waals surface area (Å²) in [5.74, 6) is 3.35. The van der Waals surface area contributed by atoms with Gasteiger partial charge in [-0.15, -0.1) is 0 Å². The summed E-state index contributed by atoms with van der Waals surface area (Å²) in [6, 6.07) is 15.1. The zero-order valence-corrected chi connectivity index (χ0v) is 17.3. The van der Waals surface area contributed by atoms with Crippen LogP contribution in [0.2, 0.25) is 0 Å². The SMILES string of the molecule is COc1ccc(OC)c(Nc2nc(C)cc(Nc3ccc(OC(C)C)cc3)n2)c1. The van der Waals surface area contributed by atoms with Crippen LogP contribution in [0.25, 0.3) is 0 Å². The first-order chi connectivity index (χ1) is 14.0. The van der Waals surface area contributed by atoms with E-state index in [4.69, 9.17) is 14.2 Å². The van der Waals surface area contributed by atoms with Crippen molar-refractivity contribution in [1.29, 1.82) is 0 Å². The van der Waals surface area contributed by atoms with E-state index in [1.54, 1.807) is 14.2 Å². The number of ether oxygens (including phenoxy) is 3. The molecule has 152 valence electrons. The number of nitrogens with zero attached hydrogens (tertiary/aromatic N) is 2. The van der Waals surface area contributed by atoms with Crippen LogP contribution in [-0.4, -0.2) is 30.3 Å². The highest BCUT2D eigenvalue weighted by Crippen LogP contribution is 2.31. The molecule has 0 saturated heterocycles. The topological polar surface area (TPSA) is 77.5 Å². The molecule has 0 fully saturated rings. The highest BCUT2D eigenvalue weighted by molar-refractivity contribution is 5.66. The Morgan fingerprint density at radius 3 is 2.21 bits per heavy atom. The molecule has 7 nitrogen and oxygen atoms in total. The molecule has 7 heteroatoms. The van der Waals surface area contributed by atoms with Gasteiger partial charge in [-0.3, -0.25) is 0 Å². The van der Waals surface area contributed by atoms with Gasteiger partial charge in [0.1, 0.15) is 23.1 Å². The van der Waals surface area contributed by atoms with Crippen LogP contribution in [0, 0.1) is 6.92 Å². The van der Waals surface area contributed by atoms with Crippen molar-refractivity contribution < 1.29 is 14.2 Å². The number of hydrogen-bond donors (Lipinski definition) is 2. The average molecular weight is 394 g/mol. The van der Waals surface area contributed by atoms with E-state index in [0.717, 1.165) is 22.8 Å². The molecule has 3 rings (SSSR count). The number of hydrogen-bond acceptors (Lipinski definition) is 7. The number of benzene rings is 2. The molecule has 0 aliphatic rings. The summed E-state index contributed by atoms with van der Waals surface area (Å²) in [7, 11) is 3.23. The standard InChI is InChI=1S/C22H26N4O3/c1-14(2)29-17-8-6-16(7-9-17)24-21-12-15(3)23-22(26-21)25-19-13-18(27-4)10-11-20(19)28-5/h6-14H,1-5H3,(H2,23,24,25,26). The van der Waals surface area contributed by atoms with E-state index in [2.05, 4.69) is 20.6 Å². The molecule has 2 aromatic carbocycles. The normalized spacial score (nSPS) is 10.6. The van der Waals surface area contributed by atoms with Gasteiger partial charge in [-0.2, -0.15) is 4.98 Å². The van der Waals surface area contributed by atoms with Crippen molar-refractivity contribution >= 4 is 23.1 Å². The lowest BCUT2D eigenvalue weighted by Gasteiger charge is -2.14. The molecule has 1 heterocycles. The smallest absolute Gasteiger partial charge is 0.229 e. The monoisotopic (exact) mass is 394 g/mol. The van der Waals surface area contributed by atoms with Gasteiger partial charge in [0.05, 0.1) is 26.0 Å². The lowest BCUT2D eigenvalue weighted by atomic mass is 10.2. The first-order valence-corrected chi connectivity index (χ1v) is 9.35. The Morgan fingerprint density at radius 1 is 0.828 bits per heavy atom. The number of aryl methyl sites for hydroxylation is 1. The van der Waals surface area contributed by atoms with Crippen molar-refractivity contribution in [3.63, 3.8) is 0 Å². The molecule has 0 saturated carbocycles. The van der Waals surface area contributed by atoms with E-state index in [9.17, 15) is 0 Å². The quantitative estimate of drug-likeness (QED) is 0.552. The molecule has 0 atom stereocenters. The first kappa shape index (κ1) is 20.3. The summed E-state index contributed by atoms with van der Waals surface area (Å²) < 4.78 is 16.4. The van der Waals surface area contributed by atoms with Crippen LogP contribution >= 0.6 is 0 Å². The molecule has 0 unspecified atom stereocenters. The Morgan fingerprint density at radius 2 is 1.55 bits per heavy atom. The van der Waals surface area contributed by atoms with E-state index < -0.39 is 0 Å². The lowest BCUT2D eigenvalue weighted by molar-refractivity contribution is 0.242. The van der Waals surface area contributed by atoms with Crippen LogP contribution in [0.3, 0.4) is 0 Å². The summed E-state index contributed by atoms with van der Waals surface area (Å²) in [5, 5.41) is 6.51. The maximum atomic E-state index is 5.68. The van der Waals surface area contributed by atoms with Gasteiger partial charge in [0.2, 0.25) is 5.95 Å². The predicted octanol–water partition coefficient (Wildman–Crippen LogP) is 5.08. The van der Waals surface area contributed by atoms with Crippen LogP contribution in [0.1, 0.15) is 19.5 Å². The van der Waals surface area contributed by atoms with Gasteiger partial charge in [0, 0.05) is 23.5 Å². The van der Waals surface area contributed by atoms with E-state index >= 15 is 0 Å². The molecule has 0 aliphatic heterocycles. The van der Waals surface area contributed by atoms with Crippen molar-refractivity contribution in [2.24, 2.45) is 0 Å². The molecule has 0 bridgehead atoms. The number of rotatable bonds is 8. The summed E-state index contributed by atoms with van der Waals surface area (Å²) in [6.07, 6.45) is 0.139. The Kier molecular flexibility index (Phi) is 6.39. The van der Waals surface area contributed by atoms with Crippen molar-refractivity contribution in [3.05, 3.63) is 54.2 Å². The summed E-state index contributed by atoms with van der Waals surface area (Å²) in [6.45, 7) is 5.92. The van der Waals surface area contributed by atoms with E-state index in [-0.39, 0.29) is 6.10 Å². The molecule has 1 aromatic heterocycles. The molecular formula is C22H26N4O3. The Bertz CT molecular complexity index is 959. The third kappa shape index (κ3) is 5.51. The van der Waals surface area contributed by atoms with E-state index in [1.165, 1.54) is 0 Å². The maximum absolute atomic E-state index is 5.68. The zero-order valence-electron chi connectivity index (χ0n) is 17.3. The summed E-state index contributed by atoms with van der Waals surface area (Å²) in [4.78, 5) is 9.03. The van der Waals surface area contributed by atoms with Crippen molar-refractivity contribution in [1.82, 2.24) is 9.97 Å². The van der Waals surface area contributed by atoms with Gasteiger partial charge in [0.15, 0.2) is 0 Å². The summed E-state index contributed by atoms with van der Waals surface area (Å²) in [5.41, 5.74) is 2.45. The largest absolute Gasteiger partial charge is 0.497 e. The Balaban J connectivity index is 1.80. The molecule has 29 heavy (non-hydrogen) atoms. The minimum atomic E-state index is 0.139. The van der Waals surface area contributed by atoms with Gasteiger partial charge >= 0.3 is 0 Å². The minimum Gasteiger partial charge on any atom is -0.497 e. The van der Waals surface area contributed by atoms with Gasteiger partial charge in [0.25, 0.3) is 0 Å². The third-order valence-electron chi connectivity index (χ3n) is 4.01. The van der Waals surface area contributed by atoms with Gasteiger partial charge in [-0.05, 0) is 57.2 Å². The van der Waals surface area contributed by atoms with Crippen molar-refractivity contribution in [3.8, 4) is 17.2 Å². The van der Waals surface area contributed by atoms with Crippen LogP contribution in [-0.2, 0) is 0 Å². The van der Waals surface area contributed by atoms with Crippen LogP contribution in [0.5, 0.6) is 17.2 Å². The van der Waals surface area contributed by atoms with Gasteiger partial charge < -0.3 is 24.8 Å². The Hall–Kier alpha value is -3.48. The molecule has 3 aromatic rings. The van der Waals surface area contributed by atoms with Gasteiger partial charge in [-0.25, -0.2) is 4.98 Å². The molecule has 0 amide bonds. The second-order valence-corrected chi connectivity index (χ2v) is 6.73. The van der Waals surface area contributed by atoms with E-state index in [1.807, 2.05) is 69.3 Å². The predicted molar refractivity (Wildman–Crippen MR) is 115 cm³/mol. The minimum absolute atomic E-state index is 0.139. The number of aromatic nitrogens is 2. The van der Waals surface area contributed by atoms with Crippen molar-refractivity contribution in [2.75, 3.05) is 24.9 Å². The fourth-order valence-corrected chi connectivity index (χ4v) is 2.76. The first-order valence-electron chi connectivity index (χ1n) is 9.35. The van der Waals surface area contributed by atoms with Crippen LogP contribution < -0.4 is 24.8 Å². The van der Waals surface area contributed by atoms with Crippen molar-refractivity contribution in [2.45, 2.75) is 26.9 Å².